The van der Waals surface area contributed by atoms with E-state index in [2.05, 4.69) is 10.2 Å². The van der Waals surface area contributed by atoms with Crippen molar-refractivity contribution in [2.45, 2.75) is 44.3 Å². The molecule has 18 heavy (non-hydrogen) atoms. The van der Waals surface area contributed by atoms with Crippen LogP contribution in [0.4, 0.5) is 13.2 Å². The van der Waals surface area contributed by atoms with Crippen LogP contribution in [0, 0.1) is 11.8 Å². The smallest absolute Gasteiger partial charge is 0.319 e. The van der Waals surface area contributed by atoms with Crippen LogP contribution in [0.5, 0.6) is 0 Å². The quantitative estimate of drug-likeness (QED) is 0.843. The van der Waals surface area contributed by atoms with Crippen molar-refractivity contribution in [2.75, 3.05) is 26.7 Å². The molecule has 1 aliphatic carbocycles. The number of nitrogens with zero attached hydrogens (tertiary/aromatic N) is 1. The molecule has 2 rings (SSSR count). The molecular formula is C13H23F3N2. The zero-order valence-corrected chi connectivity index (χ0v) is 11.0. The third-order valence-electron chi connectivity index (χ3n) is 4.49. The van der Waals surface area contributed by atoms with Crippen molar-refractivity contribution in [3.8, 4) is 0 Å². The van der Waals surface area contributed by atoms with Gasteiger partial charge in [-0.05, 0) is 58.2 Å². The van der Waals surface area contributed by atoms with Gasteiger partial charge in [0.15, 0.2) is 0 Å². The van der Waals surface area contributed by atoms with E-state index < -0.39 is 12.1 Å². The van der Waals surface area contributed by atoms with Crippen LogP contribution >= 0.6 is 0 Å². The van der Waals surface area contributed by atoms with Crippen molar-refractivity contribution in [3.05, 3.63) is 0 Å². The molecule has 5 heteroatoms. The van der Waals surface area contributed by atoms with Crippen molar-refractivity contribution in [2.24, 2.45) is 11.8 Å². The minimum Gasteiger partial charge on any atom is -0.319 e. The topological polar surface area (TPSA) is 15.3 Å². The SMILES string of the molecule is CNCC1CCN(C2CCC(C(F)(F)F)CC2)C1. The summed E-state index contributed by atoms with van der Waals surface area (Å²) in [5.74, 6) is -0.375. The zero-order valence-electron chi connectivity index (χ0n) is 11.0. The maximum atomic E-state index is 12.6. The van der Waals surface area contributed by atoms with Gasteiger partial charge in [-0.2, -0.15) is 13.2 Å². The van der Waals surface area contributed by atoms with E-state index in [1.54, 1.807) is 0 Å². The average Bonchev–Trinajstić information content (AvgIpc) is 2.77. The summed E-state index contributed by atoms with van der Waals surface area (Å²) in [5.41, 5.74) is 0. The van der Waals surface area contributed by atoms with Crippen molar-refractivity contribution >= 4 is 0 Å². The summed E-state index contributed by atoms with van der Waals surface area (Å²) < 4.78 is 37.8. The maximum absolute atomic E-state index is 12.6. The van der Waals surface area contributed by atoms with Gasteiger partial charge in [-0.15, -0.1) is 0 Å². The van der Waals surface area contributed by atoms with Gasteiger partial charge in [-0.3, -0.25) is 0 Å². The van der Waals surface area contributed by atoms with Gasteiger partial charge in [0.25, 0.3) is 0 Å². The Hall–Kier alpha value is -0.290. The summed E-state index contributed by atoms with van der Waals surface area (Å²) in [6.07, 6.45) is -0.722. The minimum atomic E-state index is -3.98. The summed E-state index contributed by atoms with van der Waals surface area (Å²) in [6, 6.07) is 0.394. The first-order valence-electron chi connectivity index (χ1n) is 6.96. The lowest BCUT2D eigenvalue weighted by Gasteiger charge is -2.35. The fourth-order valence-electron chi connectivity index (χ4n) is 3.42. The molecule has 1 heterocycles. The van der Waals surface area contributed by atoms with Crippen LogP contribution in [0.25, 0.3) is 0 Å². The Balaban J connectivity index is 1.77. The van der Waals surface area contributed by atoms with Crippen molar-refractivity contribution in [1.29, 1.82) is 0 Å². The largest absolute Gasteiger partial charge is 0.391 e. The average molecular weight is 264 g/mol. The molecule has 1 saturated carbocycles. The standard InChI is InChI=1S/C13H23F3N2/c1-17-8-10-6-7-18(9-10)12-4-2-11(3-5-12)13(14,15)16/h10-12,17H,2-9H2,1H3. The number of hydrogen-bond acceptors (Lipinski definition) is 2. The first-order valence-corrected chi connectivity index (χ1v) is 6.96. The van der Waals surface area contributed by atoms with Gasteiger partial charge in [-0.25, -0.2) is 0 Å². The van der Waals surface area contributed by atoms with Crippen LogP contribution in [0.2, 0.25) is 0 Å². The van der Waals surface area contributed by atoms with Crippen molar-refractivity contribution in [1.82, 2.24) is 10.2 Å². The molecule has 0 aromatic heterocycles. The maximum Gasteiger partial charge on any atom is 0.391 e. The highest BCUT2D eigenvalue weighted by atomic mass is 19.4. The van der Waals surface area contributed by atoms with Gasteiger partial charge in [0, 0.05) is 12.6 Å². The number of nitrogens with one attached hydrogen (secondary N) is 1. The summed E-state index contributed by atoms with van der Waals surface area (Å²) in [4.78, 5) is 2.41. The van der Waals surface area contributed by atoms with Gasteiger partial charge in [0.1, 0.15) is 0 Å². The van der Waals surface area contributed by atoms with Crippen LogP contribution < -0.4 is 5.32 Å². The fraction of sp³-hybridized carbons (Fsp3) is 1.00. The van der Waals surface area contributed by atoms with Gasteiger partial charge in [-0.1, -0.05) is 0 Å². The van der Waals surface area contributed by atoms with Crippen molar-refractivity contribution < 1.29 is 13.2 Å². The molecule has 2 nitrogen and oxygen atoms in total. The van der Waals surface area contributed by atoms with Crippen LogP contribution in [0.15, 0.2) is 0 Å². The van der Waals surface area contributed by atoms with Gasteiger partial charge < -0.3 is 10.2 Å². The highest BCUT2D eigenvalue weighted by Gasteiger charge is 2.42. The highest BCUT2D eigenvalue weighted by Crippen LogP contribution is 2.39. The van der Waals surface area contributed by atoms with Crippen LogP contribution in [0.3, 0.4) is 0 Å². The van der Waals surface area contributed by atoms with Gasteiger partial charge >= 0.3 is 6.18 Å². The van der Waals surface area contributed by atoms with E-state index in [1.165, 1.54) is 6.42 Å². The normalized spacial score (nSPS) is 35.0. The summed E-state index contributed by atoms with van der Waals surface area (Å²) >= 11 is 0. The third kappa shape index (κ3) is 3.38. The Kier molecular flexibility index (Phi) is 4.54. The van der Waals surface area contributed by atoms with Crippen LogP contribution in [-0.4, -0.2) is 43.8 Å². The summed E-state index contributed by atoms with van der Waals surface area (Å²) in [7, 11) is 1.96. The lowest BCUT2D eigenvalue weighted by atomic mass is 9.85. The number of likely N-dealkylation sites (tertiary alicyclic amines) is 1. The second-order valence-electron chi connectivity index (χ2n) is 5.75. The molecule has 1 saturated heterocycles. The molecule has 0 aromatic carbocycles. The lowest BCUT2D eigenvalue weighted by molar-refractivity contribution is -0.184. The van der Waals surface area contributed by atoms with E-state index in [4.69, 9.17) is 0 Å². The summed E-state index contributed by atoms with van der Waals surface area (Å²) in [5, 5.41) is 3.18. The van der Waals surface area contributed by atoms with E-state index in [-0.39, 0.29) is 0 Å². The Morgan fingerprint density at radius 1 is 1.11 bits per heavy atom. The zero-order chi connectivity index (χ0) is 13.2. The molecule has 0 bridgehead atoms. The lowest BCUT2D eigenvalue weighted by Crippen LogP contribution is -2.39. The Morgan fingerprint density at radius 2 is 1.78 bits per heavy atom. The molecule has 2 aliphatic rings. The first-order chi connectivity index (χ1) is 8.50. The summed E-state index contributed by atoms with van der Waals surface area (Å²) in [6.45, 7) is 3.14. The van der Waals surface area contributed by atoms with E-state index in [0.29, 0.717) is 24.8 Å². The third-order valence-corrected chi connectivity index (χ3v) is 4.49. The number of hydrogen-bond donors (Lipinski definition) is 1. The second kappa shape index (κ2) is 5.78. The monoisotopic (exact) mass is 264 g/mol. The molecule has 0 radical (unpaired) electrons. The predicted octanol–water partition coefficient (Wildman–Crippen LogP) is 2.65. The molecular weight excluding hydrogens is 241 g/mol. The van der Waals surface area contributed by atoms with E-state index in [1.807, 2.05) is 7.05 Å². The number of alkyl halides is 3. The Bertz CT molecular complexity index is 259. The Morgan fingerprint density at radius 3 is 2.33 bits per heavy atom. The first kappa shape index (κ1) is 14.1. The predicted molar refractivity (Wildman–Crippen MR) is 65.4 cm³/mol. The van der Waals surface area contributed by atoms with Crippen LogP contribution in [-0.2, 0) is 0 Å². The molecule has 0 spiro atoms. The highest BCUT2D eigenvalue weighted by molar-refractivity contribution is 4.87. The molecule has 1 N–H and O–H groups in total. The van der Waals surface area contributed by atoms with Crippen molar-refractivity contribution in [3.63, 3.8) is 0 Å². The van der Waals surface area contributed by atoms with Crippen LogP contribution in [0.1, 0.15) is 32.1 Å². The number of rotatable bonds is 3. The molecule has 106 valence electrons. The van der Waals surface area contributed by atoms with Gasteiger partial charge in [0.2, 0.25) is 0 Å². The molecule has 2 fully saturated rings. The molecule has 0 amide bonds. The van der Waals surface area contributed by atoms with E-state index >= 15 is 0 Å². The fourth-order valence-corrected chi connectivity index (χ4v) is 3.42. The molecule has 1 aliphatic heterocycles. The molecule has 1 unspecified atom stereocenters. The Labute approximate surface area is 107 Å². The minimum absolute atomic E-state index is 0.321. The van der Waals surface area contributed by atoms with Gasteiger partial charge in [0.05, 0.1) is 5.92 Å². The van der Waals surface area contributed by atoms with E-state index in [0.717, 1.165) is 32.5 Å². The molecule has 1 atom stereocenters. The second-order valence-corrected chi connectivity index (χ2v) is 5.75. The van der Waals surface area contributed by atoms with E-state index in [9.17, 15) is 13.2 Å². The number of halogens is 3. The molecule has 0 aromatic rings.